The highest BCUT2D eigenvalue weighted by atomic mass is 14.4. The fraction of sp³-hybridized carbons (Fsp3) is 0.0638. The van der Waals surface area contributed by atoms with Crippen LogP contribution in [0, 0.1) is 0 Å². The minimum absolute atomic E-state index is 0.158. The maximum Gasteiger partial charge on any atom is 0.0165 e. The van der Waals surface area contributed by atoms with Gasteiger partial charge in [-0.3, -0.25) is 0 Å². The Morgan fingerprint density at radius 1 is 0.340 bits per heavy atom. The van der Waals surface area contributed by atoms with Crippen LogP contribution in [0.5, 0.6) is 0 Å². The third kappa shape index (κ3) is 3.64. The molecular formula is C47H32. The number of rotatable bonds is 2. The molecule has 0 saturated heterocycles. The zero-order chi connectivity index (χ0) is 31.3. The Labute approximate surface area is 274 Å². The van der Waals surface area contributed by atoms with E-state index in [4.69, 9.17) is 0 Å². The molecule has 0 spiro atoms. The summed E-state index contributed by atoms with van der Waals surface area (Å²) < 4.78 is 0. The van der Waals surface area contributed by atoms with E-state index in [0.29, 0.717) is 0 Å². The molecule has 0 aliphatic heterocycles. The summed E-state index contributed by atoms with van der Waals surface area (Å²) in [4.78, 5) is 0. The van der Waals surface area contributed by atoms with Gasteiger partial charge in [0.25, 0.3) is 0 Å². The number of hydrogen-bond donors (Lipinski definition) is 0. The van der Waals surface area contributed by atoms with Gasteiger partial charge in [-0.1, -0.05) is 159 Å². The van der Waals surface area contributed by atoms with E-state index in [1.54, 1.807) is 0 Å². The lowest BCUT2D eigenvalue weighted by Crippen LogP contribution is -2.16. The highest BCUT2D eigenvalue weighted by molar-refractivity contribution is 6.22. The van der Waals surface area contributed by atoms with E-state index >= 15 is 0 Å². The molecule has 9 aromatic rings. The predicted octanol–water partition coefficient (Wildman–Crippen LogP) is 13.1. The summed E-state index contributed by atoms with van der Waals surface area (Å²) in [6.45, 7) is 4.85. The molecule has 0 amide bonds. The summed E-state index contributed by atoms with van der Waals surface area (Å²) in [7, 11) is 0. The van der Waals surface area contributed by atoms with E-state index in [9.17, 15) is 0 Å². The maximum absolute atomic E-state index is 2.50. The molecule has 0 aromatic heterocycles. The van der Waals surface area contributed by atoms with Gasteiger partial charge in [0.05, 0.1) is 0 Å². The van der Waals surface area contributed by atoms with Crippen molar-refractivity contribution in [1.82, 2.24) is 0 Å². The minimum Gasteiger partial charge on any atom is -0.0616 e. The van der Waals surface area contributed by atoms with Crippen LogP contribution >= 0.6 is 0 Å². The lowest BCUT2D eigenvalue weighted by atomic mass is 9.78. The van der Waals surface area contributed by atoms with Gasteiger partial charge in [0.15, 0.2) is 0 Å². The van der Waals surface area contributed by atoms with Gasteiger partial charge in [-0.05, 0) is 111 Å². The Bertz CT molecular complexity index is 2690. The molecule has 0 nitrogen and oxygen atoms in total. The molecule has 220 valence electrons. The number of benzene rings is 9. The first-order valence-corrected chi connectivity index (χ1v) is 16.6. The van der Waals surface area contributed by atoms with Crippen molar-refractivity contribution in [1.29, 1.82) is 0 Å². The van der Waals surface area contributed by atoms with Crippen molar-refractivity contribution in [3.63, 3.8) is 0 Å². The molecule has 0 unspecified atom stereocenters. The smallest absolute Gasteiger partial charge is 0.0165 e. The normalized spacial score (nSPS) is 13.5. The summed E-state index contributed by atoms with van der Waals surface area (Å²) in [5.74, 6) is 0. The van der Waals surface area contributed by atoms with Crippen LogP contribution in [0.1, 0.15) is 25.0 Å². The highest BCUT2D eigenvalue weighted by Gasteiger charge is 2.40. The molecule has 0 fully saturated rings. The summed E-state index contributed by atoms with van der Waals surface area (Å²) in [5, 5.41) is 13.1. The molecule has 10 rings (SSSR count). The Morgan fingerprint density at radius 3 is 1.40 bits per heavy atom. The van der Waals surface area contributed by atoms with E-state index in [0.717, 1.165) is 0 Å². The molecule has 0 bridgehead atoms. The molecule has 9 aromatic carbocycles. The highest BCUT2D eigenvalue weighted by Crippen LogP contribution is 2.57. The first kappa shape index (κ1) is 26.5. The largest absolute Gasteiger partial charge is 0.0616 e. The van der Waals surface area contributed by atoms with Gasteiger partial charge in [-0.2, -0.15) is 0 Å². The topological polar surface area (TPSA) is 0 Å². The van der Waals surface area contributed by atoms with Crippen molar-refractivity contribution in [2.45, 2.75) is 19.3 Å². The van der Waals surface area contributed by atoms with Crippen LogP contribution < -0.4 is 0 Å². The van der Waals surface area contributed by atoms with Gasteiger partial charge < -0.3 is 0 Å². The average Bonchev–Trinajstić information content (AvgIpc) is 3.37. The average molecular weight is 597 g/mol. The Morgan fingerprint density at radius 2 is 0.787 bits per heavy atom. The molecule has 47 heavy (non-hydrogen) atoms. The molecule has 0 N–H and O–H groups in total. The van der Waals surface area contributed by atoms with Gasteiger partial charge >= 0.3 is 0 Å². The fourth-order valence-corrected chi connectivity index (χ4v) is 8.70. The number of fused-ring (bicyclic) bond motifs is 12. The van der Waals surface area contributed by atoms with Gasteiger partial charge in [-0.25, -0.2) is 0 Å². The van der Waals surface area contributed by atoms with E-state index in [1.165, 1.54) is 98.4 Å². The molecular weight excluding hydrogens is 565 g/mol. The summed E-state index contributed by atoms with van der Waals surface area (Å²) in [6, 6.07) is 58.7. The zero-order valence-electron chi connectivity index (χ0n) is 26.5. The Balaban J connectivity index is 1.22. The third-order valence-electron chi connectivity index (χ3n) is 10.8. The predicted molar refractivity (Wildman–Crippen MR) is 202 cm³/mol. The van der Waals surface area contributed by atoms with Crippen LogP contribution in [-0.4, -0.2) is 0 Å². The monoisotopic (exact) mass is 596 g/mol. The molecule has 1 aliphatic carbocycles. The number of hydrogen-bond acceptors (Lipinski definition) is 0. The van der Waals surface area contributed by atoms with Gasteiger partial charge in [-0.15, -0.1) is 0 Å². The van der Waals surface area contributed by atoms with Crippen molar-refractivity contribution < 1.29 is 0 Å². The lowest BCUT2D eigenvalue weighted by molar-refractivity contribution is 0.667. The second-order valence-electron chi connectivity index (χ2n) is 13.6. The van der Waals surface area contributed by atoms with Crippen molar-refractivity contribution in [2.24, 2.45) is 0 Å². The van der Waals surface area contributed by atoms with Gasteiger partial charge in [0, 0.05) is 5.41 Å². The summed E-state index contributed by atoms with van der Waals surface area (Å²) >= 11 is 0. The SMILES string of the molecule is CC1(C)c2cc(-c3ccc(-c4c5ccccc5cc5ccccc45)cc3)c3ccccc3c2-c2c1c1ccccc1c1ccccc21. The van der Waals surface area contributed by atoms with E-state index in [2.05, 4.69) is 172 Å². The van der Waals surface area contributed by atoms with Crippen LogP contribution in [-0.2, 0) is 5.41 Å². The van der Waals surface area contributed by atoms with E-state index in [-0.39, 0.29) is 5.41 Å². The lowest BCUT2D eigenvalue weighted by Gasteiger charge is -2.25. The van der Waals surface area contributed by atoms with Crippen LogP contribution in [0.25, 0.3) is 87.2 Å². The van der Waals surface area contributed by atoms with Crippen molar-refractivity contribution >= 4 is 53.9 Å². The molecule has 0 heteroatoms. The third-order valence-corrected chi connectivity index (χ3v) is 10.8. The molecule has 0 saturated carbocycles. The van der Waals surface area contributed by atoms with E-state index in [1.807, 2.05) is 0 Å². The first-order chi connectivity index (χ1) is 23.1. The van der Waals surface area contributed by atoms with Crippen molar-refractivity contribution in [2.75, 3.05) is 0 Å². The van der Waals surface area contributed by atoms with Gasteiger partial charge in [0.2, 0.25) is 0 Å². The standard InChI is InChI=1S/C47H32/c1-47(2)42-28-41(29-23-25-30(26-24-29)43-33-15-5-3-13-31(33)27-32-14-4-6-16-34(32)43)37-19-8-10-20-38(37)44(42)45-39-21-11-7-17-35(39)36-18-9-12-22-40(36)46(45)47/h3-28H,1-2H3. The summed E-state index contributed by atoms with van der Waals surface area (Å²) in [6.07, 6.45) is 0. The van der Waals surface area contributed by atoms with Crippen molar-refractivity contribution in [3.05, 3.63) is 169 Å². The van der Waals surface area contributed by atoms with E-state index < -0.39 is 0 Å². The fourth-order valence-electron chi connectivity index (χ4n) is 8.70. The van der Waals surface area contributed by atoms with Crippen LogP contribution in [0.4, 0.5) is 0 Å². The minimum atomic E-state index is -0.158. The van der Waals surface area contributed by atoms with Gasteiger partial charge in [0.1, 0.15) is 0 Å². The van der Waals surface area contributed by atoms with Crippen LogP contribution in [0.3, 0.4) is 0 Å². The Kier molecular flexibility index (Phi) is 5.44. The molecule has 0 heterocycles. The zero-order valence-corrected chi connectivity index (χ0v) is 26.5. The Hall–Kier alpha value is -5.72. The first-order valence-electron chi connectivity index (χ1n) is 16.6. The second kappa shape index (κ2) is 9.64. The quantitative estimate of drug-likeness (QED) is 0.138. The van der Waals surface area contributed by atoms with Crippen molar-refractivity contribution in [3.8, 4) is 33.4 Å². The van der Waals surface area contributed by atoms with Crippen LogP contribution in [0.2, 0.25) is 0 Å². The molecule has 1 aliphatic rings. The molecule has 0 atom stereocenters. The summed E-state index contributed by atoms with van der Waals surface area (Å²) in [5.41, 5.74) is 10.6. The maximum atomic E-state index is 2.50. The van der Waals surface area contributed by atoms with Crippen LogP contribution in [0.15, 0.2) is 158 Å². The second-order valence-corrected chi connectivity index (χ2v) is 13.6. The molecule has 0 radical (unpaired) electrons.